The Morgan fingerprint density at radius 2 is 1.39 bits per heavy atom. The van der Waals surface area contributed by atoms with Gasteiger partial charge in [-0.05, 0) is 50.1 Å². The third-order valence-electron chi connectivity index (χ3n) is 4.08. The van der Waals surface area contributed by atoms with Crippen molar-refractivity contribution in [2.75, 3.05) is 25.0 Å². The Balaban J connectivity index is 0. The van der Waals surface area contributed by atoms with Gasteiger partial charge in [-0.15, -0.1) is 0 Å². The smallest absolute Gasteiger partial charge is 0.255 e. The number of nitrogens with zero attached hydrogens (tertiary/aromatic N) is 1. The fraction of sp³-hybridized carbons (Fsp3) is 0.500. The maximum absolute atomic E-state index is 12.7. The van der Waals surface area contributed by atoms with E-state index in [1.54, 1.807) is 37.3 Å². The average molecular weight is 481 g/mol. The molecule has 2 N–H and O–H groups in total. The van der Waals surface area contributed by atoms with Crippen molar-refractivity contribution < 1.29 is 18.3 Å². The summed E-state index contributed by atoms with van der Waals surface area (Å²) in [6.45, 7) is 15.0. The highest BCUT2D eigenvalue weighted by Gasteiger charge is 2.26. The molecule has 1 aliphatic heterocycles. The number of piperidine rings is 1. The van der Waals surface area contributed by atoms with E-state index in [4.69, 9.17) is 5.11 Å². The highest BCUT2D eigenvalue weighted by Crippen LogP contribution is 2.21. The number of amides is 1. The predicted octanol–water partition coefficient (Wildman–Crippen LogP) is 6.19. The monoisotopic (exact) mass is 480 g/mol. The Hall–Kier alpha value is -2.22. The number of sulfonamides is 1. The van der Waals surface area contributed by atoms with Crippen molar-refractivity contribution >= 4 is 21.6 Å². The van der Waals surface area contributed by atoms with Crippen LogP contribution in [0.4, 0.5) is 5.69 Å². The maximum atomic E-state index is 12.7. The van der Waals surface area contributed by atoms with Gasteiger partial charge in [0.05, 0.1) is 4.90 Å². The molecule has 0 saturated carbocycles. The van der Waals surface area contributed by atoms with Crippen LogP contribution in [0, 0.1) is 0 Å². The molecule has 3 rings (SSSR count). The standard InChI is InChI=1S/C18H20N2O3S.C2H6O.3C2H6/c21-18(19-16-9-3-1-4-10-16)15-8-7-11-17(14-15)24(22,23)20-12-5-2-6-13-20;1-2-3;3*1-2/h1,3-4,7-11,14H,2,5-6,12-13H2,(H,19,21);3H,2H2,1H3;3*1-2H3. The molecule has 2 aromatic rings. The first-order valence-electron chi connectivity index (χ1n) is 12.1. The fourth-order valence-electron chi connectivity index (χ4n) is 2.78. The van der Waals surface area contributed by atoms with Gasteiger partial charge < -0.3 is 10.4 Å². The molecule has 33 heavy (non-hydrogen) atoms. The zero-order chi connectivity index (χ0) is 25.7. The van der Waals surface area contributed by atoms with Crippen molar-refractivity contribution in [3.05, 3.63) is 60.2 Å². The minimum Gasteiger partial charge on any atom is -0.397 e. The van der Waals surface area contributed by atoms with E-state index >= 15 is 0 Å². The summed E-state index contributed by atoms with van der Waals surface area (Å²) in [6.07, 6.45) is 2.83. The molecule has 2 aromatic carbocycles. The Kier molecular flexibility index (Phi) is 20.4. The minimum atomic E-state index is -3.54. The van der Waals surface area contributed by atoms with E-state index in [0.29, 0.717) is 24.3 Å². The molecule has 1 amide bonds. The van der Waals surface area contributed by atoms with Gasteiger partial charge >= 0.3 is 0 Å². The molecular weight excluding hydrogens is 436 g/mol. The van der Waals surface area contributed by atoms with Crippen LogP contribution in [0.2, 0.25) is 0 Å². The number of nitrogens with one attached hydrogen (secondary N) is 1. The Morgan fingerprint density at radius 1 is 0.879 bits per heavy atom. The van der Waals surface area contributed by atoms with Crippen LogP contribution in [0.5, 0.6) is 0 Å². The summed E-state index contributed by atoms with van der Waals surface area (Å²) in [7, 11) is -3.54. The Bertz CT molecular complexity index is 834. The second kappa shape index (κ2) is 20.4. The molecule has 0 spiro atoms. The zero-order valence-electron chi connectivity index (χ0n) is 21.5. The number of aliphatic hydroxyl groups is 1. The Morgan fingerprint density at radius 3 is 1.91 bits per heavy atom. The van der Waals surface area contributed by atoms with Gasteiger partial charge in [-0.2, -0.15) is 4.31 Å². The van der Waals surface area contributed by atoms with Crippen LogP contribution < -0.4 is 5.32 Å². The first-order valence-corrected chi connectivity index (χ1v) is 13.5. The molecule has 7 heteroatoms. The molecule has 0 unspecified atom stereocenters. The van der Waals surface area contributed by atoms with E-state index in [1.807, 2.05) is 59.7 Å². The van der Waals surface area contributed by atoms with Crippen LogP contribution in [0.25, 0.3) is 0 Å². The quantitative estimate of drug-likeness (QED) is 0.546. The van der Waals surface area contributed by atoms with Crippen molar-refractivity contribution in [2.45, 2.75) is 72.6 Å². The summed E-state index contributed by atoms with van der Waals surface area (Å²) in [5.41, 5.74) is 1.00. The van der Waals surface area contributed by atoms with Gasteiger partial charge in [-0.25, -0.2) is 8.42 Å². The molecule has 0 bridgehead atoms. The molecule has 1 fully saturated rings. The highest BCUT2D eigenvalue weighted by atomic mass is 32.2. The molecular formula is C26H44N2O4S. The first kappa shape index (κ1) is 33.0. The van der Waals surface area contributed by atoms with E-state index < -0.39 is 10.0 Å². The number of hydrogen-bond acceptors (Lipinski definition) is 4. The number of anilines is 1. The molecule has 0 atom stereocenters. The summed E-state index contributed by atoms with van der Waals surface area (Å²) < 4.78 is 26.9. The van der Waals surface area contributed by atoms with Crippen molar-refractivity contribution in [2.24, 2.45) is 0 Å². The van der Waals surface area contributed by atoms with Gasteiger partial charge in [-0.1, -0.05) is 72.2 Å². The number of para-hydroxylation sites is 1. The van der Waals surface area contributed by atoms with Gasteiger partial charge in [0.25, 0.3) is 5.91 Å². The zero-order valence-corrected chi connectivity index (χ0v) is 22.3. The summed E-state index contributed by atoms with van der Waals surface area (Å²) in [4.78, 5) is 12.5. The van der Waals surface area contributed by atoms with Crippen LogP contribution in [-0.2, 0) is 10.0 Å². The molecule has 6 nitrogen and oxygen atoms in total. The van der Waals surface area contributed by atoms with Crippen LogP contribution in [-0.4, -0.2) is 43.4 Å². The summed E-state index contributed by atoms with van der Waals surface area (Å²) in [5.74, 6) is -0.322. The SMILES string of the molecule is CC.CC.CC.CCO.O=C(Nc1ccccc1)c1cccc(S(=O)(=O)N2CCCCC2)c1. The van der Waals surface area contributed by atoms with Gasteiger partial charge in [0.2, 0.25) is 10.0 Å². The number of benzene rings is 2. The molecule has 0 aromatic heterocycles. The largest absolute Gasteiger partial charge is 0.397 e. The third-order valence-corrected chi connectivity index (χ3v) is 5.98. The number of hydrogen-bond donors (Lipinski definition) is 2. The number of carbonyl (C=O) groups is 1. The predicted molar refractivity (Wildman–Crippen MR) is 140 cm³/mol. The summed E-state index contributed by atoms with van der Waals surface area (Å²) >= 11 is 0. The molecule has 188 valence electrons. The lowest BCUT2D eigenvalue weighted by molar-refractivity contribution is 0.102. The topological polar surface area (TPSA) is 86.7 Å². The van der Waals surface area contributed by atoms with E-state index in [2.05, 4.69) is 5.32 Å². The van der Waals surface area contributed by atoms with Crippen LogP contribution in [0.1, 0.15) is 78.1 Å². The molecule has 1 aliphatic rings. The number of rotatable bonds is 4. The van der Waals surface area contributed by atoms with Crippen molar-refractivity contribution in [1.82, 2.24) is 4.31 Å². The lowest BCUT2D eigenvalue weighted by Gasteiger charge is -2.26. The normalized spacial score (nSPS) is 12.6. The van der Waals surface area contributed by atoms with Crippen LogP contribution in [0.3, 0.4) is 0 Å². The molecule has 1 heterocycles. The van der Waals surface area contributed by atoms with Gasteiger partial charge in [0, 0.05) is 30.9 Å². The molecule has 1 saturated heterocycles. The highest BCUT2D eigenvalue weighted by molar-refractivity contribution is 7.89. The van der Waals surface area contributed by atoms with Crippen molar-refractivity contribution in [3.63, 3.8) is 0 Å². The van der Waals surface area contributed by atoms with E-state index in [0.717, 1.165) is 19.3 Å². The van der Waals surface area contributed by atoms with E-state index in [-0.39, 0.29) is 17.4 Å². The van der Waals surface area contributed by atoms with E-state index in [1.165, 1.54) is 10.4 Å². The van der Waals surface area contributed by atoms with Crippen molar-refractivity contribution in [3.8, 4) is 0 Å². The lowest BCUT2D eigenvalue weighted by Crippen LogP contribution is -2.35. The van der Waals surface area contributed by atoms with Crippen molar-refractivity contribution in [1.29, 1.82) is 0 Å². The second-order valence-electron chi connectivity index (χ2n) is 6.13. The van der Waals surface area contributed by atoms with Gasteiger partial charge in [0.1, 0.15) is 0 Å². The first-order chi connectivity index (χ1) is 16.0. The molecule has 0 radical (unpaired) electrons. The second-order valence-corrected chi connectivity index (χ2v) is 8.07. The lowest BCUT2D eigenvalue weighted by atomic mass is 10.2. The average Bonchev–Trinajstić information content (AvgIpc) is 2.89. The minimum absolute atomic E-state index is 0.171. The maximum Gasteiger partial charge on any atom is 0.255 e. The van der Waals surface area contributed by atoms with Crippen LogP contribution in [0.15, 0.2) is 59.5 Å². The van der Waals surface area contributed by atoms with E-state index in [9.17, 15) is 13.2 Å². The van der Waals surface area contributed by atoms with Crippen LogP contribution >= 0.6 is 0 Å². The number of carbonyl (C=O) groups excluding carboxylic acids is 1. The Labute approximate surface area is 202 Å². The number of aliphatic hydroxyl groups excluding tert-OH is 1. The third kappa shape index (κ3) is 12.0. The van der Waals surface area contributed by atoms with Gasteiger partial charge in [-0.3, -0.25) is 4.79 Å². The summed E-state index contributed by atoms with van der Waals surface area (Å²) in [5, 5.41) is 10.3. The fourth-order valence-corrected chi connectivity index (χ4v) is 4.34. The molecule has 0 aliphatic carbocycles. The van der Waals surface area contributed by atoms with Gasteiger partial charge in [0.15, 0.2) is 0 Å². The summed E-state index contributed by atoms with van der Waals surface area (Å²) in [6, 6.07) is 15.3.